The van der Waals surface area contributed by atoms with Crippen LogP contribution in [0.15, 0.2) is 16.5 Å². The van der Waals surface area contributed by atoms with Crippen molar-refractivity contribution in [3.63, 3.8) is 0 Å². The van der Waals surface area contributed by atoms with Gasteiger partial charge in [0.05, 0.1) is 6.54 Å². The molecule has 1 unspecified atom stereocenters. The highest BCUT2D eigenvalue weighted by atomic mass is 16.4. The largest absolute Gasteiger partial charge is 0.462 e. The normalized spacial score (nSPS) is 22.6. The maximum atomic E-state index is 8.99. The monoisotopic (exact) mass is 237 g/mol. The molecule has 17 heavy (non-hydrogen) atoms. The molecular weight excluding hydrogens is 214 g/mol. The smallest absolute Gasteiger partial charge is 0.129 e. The summed E-state index contributed by atoms with van der Waals surface area (Å²) < 4.78 is 5.58. The van der Waals surface area contributed by atoms with Crippen molar-refractivity contribution in [2.45, 2.75) is 58.2 Å². The summed E-state index contributed by atoms with van der Waals surface area (Å²) in [7, 11) is 0. The summed E-state index contributed by atoms with van der Waals surface area (Å²) in [6.07, 6.45) is 6.53. The third-order valence-electron chi connectivity index (χ3n) is 3.70. The SMILES string of the molecule is CCC1CCCCCN1Cc1ccc(CO)o1. The van der Waals surface area contributed by atoms with Crippen molar-refractivity contribution in [1.82, 2.24) is 4.90 Å². The summed E-state index contributed by atoms with van der Waals surface area (Å²) in [4.78, 5) is 2.53. The first kappa shape index (κ1) is 12.7. The molecule has 1 aromatic rings. The van der Waals surface area contributed by atoms with Crippen molar-refractivity contribution in [2.75, 3.05) is 6.54 Å². The Morgan fingerprint density at radius 2 is 2.12 bits per heavy atom. The Hall–Kier alpha value is -0.800. The van der Waals surface area contributed by atoms with Gasteiger partial charge in [-0.3, -0.25) is 4.90 Å². The summed E-state index contributed by atoms with van der Waals surface area (Å²) in [6, 6.07) is 4.55. The third kappa shape index (κ3) is 3.33. The molecule has 0 aromatic carbocycles. The molecule has 0 amide bonds. The second-order valence-corrected chi connectivity index (χ2v) is 4.91. The average Bonchev–Trinajstić information content (AvgIpc) is 2.68. The number of furan rings is 1. The van der Waals surface area contributed by atoms with E-state index in [2.05, 4.69) is 11.8 Å². The Kier molecular flexibility index (Phi) is 4.63. The molecule has 3 nitrogen and oxygen atoms in total. The molecule has 2 rings (SSSR count). The highest BCUT2D eigenvalue weighted by molar-refractivity contribution is 5.06. The Bertz CT molecular complexity index is 335. The van der Waals surface area contributed by atoms with E-state index < -0.39 is 0 Å². The molecule has 1 atom stereocenters. The van der Waals surface area contributed by atoms with Crippen LogP contribution in [-0.2, 0) is 13.2 Å². The number of rotatable bonds is 4. The lowest BCUT2D eigenvalue weighted by molar-refractivity contribution is 0.167. The van der Waals surface area contributed by atoms with Gasteiger partial charge in [0, 0.05) is 6.04 Å². The summed E-state index contributed by atoms with van der Waals surface area (Å²) in [5.41, 5.74) is 0. The van der Waals surface area contributed by atoms with Crippen LogP contribution < -0.4 is 0 Å². The molecule has 1 saturated heterocycles. The minimum atomic E-state index is -0.00277. The van der Waals surface area contributed by atoms with E-state index in [1.165, 1.54) is 38.6 Å². The van der Waals surface area contributed by atoms with Crippen LogP contribution in [0, 0.1) is 0 Å². The van der Waals surface area contributed by atoms with Crippen LogP contribution in [0.25, 0.3) is 0 Å². The second kappa shape index (κ2) is 6.22. The molecule has 96 valence electrons. The number of nitrogens with zero attached hydrogens (tertiary/aromatic N) is 1. The van der Waals surface area contributed by atoms with Gasteiger partial charge in [0.15, 0.2) is 0 Å². The molecule has 0 spiro atoms. The van der Waals surface area contributed by atoms with Gasteiger partial charge in [0.1, 0.15) is 18.1 Å². The summed E-state index contributed by atoms with van der Waals surface area (Å²) >= 11 is 0. The Morgan fingerprint density at radius 3 is 2.82 bits per heavy atom. The van der Waals surface area contributed by atoms with Crippen LogP contribution >= 0.6 is 0 Å². The van der Waals surface area contributed by atoms with E-state index >= 15 is 0 Å². The zero-order chi connectivity index (χ0) is 12.1. The standard InChI is InChI=1S/C14H23NO2/c1-2-12-6-4-3-5-9-15(12)10-13-7-8-14(11-16)17-13/h7-8,12,16H,2-6,9-11H2,1H3. The maximum Gasteiger partial charge on any atom is 0.129 e. The molecule has 1 N–H and O–H groups in total. The number of likely N-dealkylation sites (tertiary alicyclic amines) is 1. The van der Waals surface area contributed by atoms with Crippen molar-refractivity contribution in [1.29, 1.82) is 0 Å². The summed E-state index contributed by atoms with van der Waals surface area (Å²) in [5, 5.41) is 8.99. The highest BCUT2D eigenvalue weighted by Gasteiger charge is 2.20. The first-order valence-electron chi connectivity index (χ1n) is 6.76. The number of aliphatic hydroxyl groups is 1. The zero-order valence-corrected chi connectivity index (χ0v) is 10.7. The van der Waals surface area contributed by atoms with Gasteiger partial charge in [-0.2, -0.15) is 0 Å². The van der Waals surface area contributed by atoms with Crippen LogP contribution in [-0.4, -0.2) is 22.6 Å². The van der Waals surface area contributed by atoms with Gasteiger partial charge in [-0.1, -0.05) is 19.8 Å². The number of hydrogen-bond donors (Lipinski definition) is 1. The summed E-state index contributed by atoms with van der Waals surface area (Å²) in [5.74, 6) is 1.65. The van der Waals surface area contributed by atoms with Crippen LogP contribution in [0.4, 0.5) is 0 Å². The highest BCUT2D eigenvalue weighted by Crippen LogP contribution is 2.22. The molecule has 1 aliphatic rings. The first-order valence-corrected chi connectivity index (χ1v) is 6.76. The molecule has 2 heterocycles. The van der Waals surface area contributed by atoms with Gasteiger partial charge >= 0.3 is 0 Å². The number of aliphatic hydroxyl groups excluding tert-OH is 1. The fourth-order valence-corrected chi connectivity index (χ4v) is 2.70. The lowest BCUT2D eigenvalue weighted by atomic mass is 10.1. The van der Waals surface area contributed by atoms with Crippen molar-refractivity contribution in [3.05, 3.63) is 23.7 Å². The second-order valence-electron chi connectivity index (χ2n) is 4.91. The molecule has 0 radical (unpaired) electrons. The molecule has 0 aliphatic carbocycles. The first-order chi connectivity index (χ1) is 8.33. The Balaban J connectivity index is 1.99. The molecular formula is C14H23NO2. The molecule has 0 bridgehead atoms. The van der Waals surface area contributed by atoms with Crippen LogP contribution in [0.1, 0.15) is 50.5 Å². The third-order valence-corrected chi connectivity index (χ3v) is 3.70. The van der Waals surface area contributed by atoms with Crippen LogP contribution in [0.5, 0.6) is 0 Å². The predicted octanol–water partition coefficient (Wildman–Crippen LogP) is 2.93. The van der Waals surface area contributed by atoms with Gasteiger partial charge < -0.3 is 9.52 Å². The van der Waals surface area contributed by atoms with Gasteiger partial charge in [-0.25, -0.2) is 0 Å². The van der Waals surface area contributed by atoms with Crippen molar-refractivity contribution < 1.29 is 9.52 Å². The zero-order valence-electron chi connectivity index (χ0n) is 10.7. The van der Waals surface area contributed by atoms with E-state index in [-0.39, 0.29) is 6.61 Å². The van der Waals surface area contributed by atoms with E-state index in [0.29, 0.717) is 11.8 Å². The van der Waals surface area contributed by atoms with Crippen molar-refractivity contribution in [3.8, 4) is 0 Å². The fourth-order valence-electron chi connectivity index (χ4n) is 2.70. The average molecular weight is 237 g/mol. The predicted molar refractivity (Wildman–Crippen MR) is 67.6 cm³/mol. The van der Waals surface area contributed by atoms with Gasteiger partial charge in [-0.15, -0.1) is 0 Å². The van der Waals surface area contributed by atoms with Crippen LogP contribution in [0.2, 0.25) is 0 Å². The van der Waals surface area contributed by atoms with Crippen molar-refractivity contribution >= 4 is 0 Å². The van der Waals surface area contributed by atoms with Gasteiger partial charge in [0.2, 0.25) is 0 Å². The minimum Gasteiger partial charge on any atom is -0.462 e. The van der Waals surface area contributed by atoms with E-state index in [4.69, 9.17) is 9.52 Å². The fraction of sp³-hybridized carbons (Fsp3) is 0.714. The quantitative estimate of drug-likeness (QED) is 0.874. The van der Waals surface area contributed by atoms with E-state index in [9.17, 15) is 0 Å². The van der Waals surface area contributed by atoms with Gasteiger partial charge in [0.25, 0.3) is 0 Å². The molecule has 1 fully saturated rings. The van der Waals surface area contributed by atoms with Crippen molar-refractivity contribution in [2.24, 2.45) is 0 Å². The van der Waals surface area contributed by atoms with E-state index in [1.807, 2.05) is 12.1 Å². The lowest BCUT2D eigenvalue weighted by Crippen LogP contribution is -2.33. The van der Waals surface area contributed by atoms with E-state index in [0.717, 1.165) is 12.3 Å². The maximum absolute atomic E-state index is 8.99. The Morgan fingerprint density at radius 1 is 1.29 bits per heavy atom. The number of hydrogen-bond acceptors (Lipinski definition) is 3. The molecule has 3 heteroatoms. The van der Waals surface area contributed by atoms with Crippen LogP contribution in [0.3, 0.4) is 0 Å². The topological polar surface area (TPSA) is 36.6 Å². The lowest BCUT2D eigenvalue weighted by Gasteiger charge is -2.28. The van der Waals surface area contributed by atoms with Gasteiger partial charge in [-0.05, 0) is 37.9 Å². The Labute approximate surface area is 103 Å². The molecule has 1 aliphatic heterocycles. The molecule has 1 aromatic heterocycles. The minimum absolute atomic E-state index is 0.00277. The summed E-state index contributed by atoms with van der Waals surface area (Å²) in [6.45, 7) is 4.33. The molecule has 0 saturated carbocycles. The van der Waals surface area contributed by atoms with E-state index in [1.54, 1.807) is 0 Å².